The first-order valence-corrected chi connectivity index (χ1v) is 5.94. The Morgan fingerprint density at radius 2 is 2.00 bits per heavy atom. The van der Waals surface area contributed by atoms with Crippen LogP contribution in [-0.2, 0) is 9.47 Å². The van der Waals surface area contributed by atoms with E-state index in [0.717, 1.165) is 0 Å². The first kappa shape index (κ1) is 14.9. The van der Waals surface area contributed by atoms with Crippen LogP contribution in [0.3, 0.4) is 0 Å². The van der Waals surface area contributed by atoms with E-state index in [1.165, 1.54) is 18.5 Å². The molecule has 0 aromatic carbocycles. The van der Waals surface area contributed by atoms with Crippen LogP contribution in [0.4, 0.5) is 10.5 Å². The molecule has 0 radical (unpaired) electrons. The van der Waals surface area contributed by atoms with Gasteiger partial charge < -0.3 is 9.47 Å². The van der Waals surface area contributed by atoms with E-state index in [4.69, 9.17) is 9.47 Å². The van der Waals surface area contributed by atoms with Crippen LogP contribution in [0.2, 0.25) is 0 Å². The lowest BCUT2D eigenvalue weighted by atomic mass is 10.2. The number of carbonyl (C=O) groups is 2. The van der Waals surface area contributed by atoms with Crippen molar-refractivity contribution < 1.29 is 19.1 Å². The Kier molecular flexibility index (Phi) is 4.86. The van der Waals surface area contributed by atoms with E-state index in [-0.39, 0.29) is 12.2 Å². The number of hydrogen-bond donors (Lipinski definition) is 1. The standard InChI is InChI=1S/C13H18N2O4/c1-5-18-11(16)9-6-10(8-14-7-9)15-12(17)19-13(2,3)4/h6-8H,5H2,1-4H3,(H,15,17). The number of nitrogens with one attached hydrogen (secondary N) is 1. The van der Waals surface area contributed by atoms with Gasteiger partial charge in [0.15, 0.2) is 0 Å². The summed E-state index contributed by atoms with van der Waals surface area (Å²) in [7, 11) is 0. The summed E-state index contributed by atoms with van der Waals surface area (Å²) in [5.41, 5.74) is 0.0613. The monoisotopic (exact) mass is 266 g/mol. The van der Waals surface area contributed by atoms with Crippen molar-refractivity contribution in [3.05, 3.63) is 24.0 Å². The number of hydrogen-bond acceptors (Lipinski definition) is 5. The number of anilines is 1. The first-order valence-electron chi connectivity index (χ1n) is 5.94. The van der Waals surface area contributed by atoms with Crippen LogP contribution >= 0.6 is 0 Å². The second-order valence-corrected chi connectivity index (χ2v) is 4.81. The molecule has 1 rings (SSSR count). The zero-order chi connectivity index (χ0) is 14.5. The number of rotatable bonds is 3. The van der Waals surface area contributed by atoms with Gasteiger partial charge in [0.1, 0.15) is 5.60 Å². The predicted molar refractivity (Wildman–Crippen MR) is 70.1 cm³/mol. The molecule has 0 saturated heterocycles. The fourth-order valence-corrected chi connectivity index (χ4v) is 1.26. The van der Waals surface area contributed by atoms with Crippen LogP contribution in [0.15, 0.2) is 18.5 Å². The molecule has 1 heterocycles. The van der Waals surface area contributed by atoms with Crippen molar-refractivity contribution in [3.8, 4) is 0 Å². The Bertz CT molecular complexity index is 466. The highest BCUT2D eigenvalue weighted by molar-refractivity contribution is 5.92. The van der Waals surface area contributed by atoms with Crippen molar-refractivity contribution >= 4 is 17.7 Å². The number of amides is 1. The molecule has 1 aromatic rings. The number of aromatic nitrogens is 1. The molecule has 0 atom stereocenters. The van der Waals surface area contributed by atoms with Crippen LogP contribution in [-0.4, -0.2) is 29.3 Å². The van der Waals surface area contributed by atoms with Gasteiger partial charge in [0.05, 0.1) is 24.1 Å². The van der Waals surface area contributed by atoms with Crippen LogP contribution in [0.25, 0.3) is 0 Å². The second kappa shape index (κ2) is 6.17. The van der Waals surface area contributed by atoms with E-state index in [0.29, 0.717) is 5.69 Å². The summed E-state index contributed by atoms with van der Waals surface area (Å²) >= 11 is 0. The lowest BCUT2D eigenvalue weighted by molar-refractivity contribution is 0.0524. The lowest BCUT2D eigenvalue weighted by Gasteiger charge is -2.19. The Morgan fingerprint density at radius 1 is 1.32 bits per heavy atom. The summed E-state index contributed by atoms with van der Waals surface area (Å²) in [6.45, 7) is 7.29. The van der Waals surface area contributed by atoms with Gasteiger partial charge >= 0.3 is 12.1 Å². The van der Waals surface area contributed by atoms with Crippen molar-refractivity contribution in [1.29, 1.82) is 0 Å². The molecular weight excluding hydrogens is 248 g/mol. The van der Waals surface area contributed by atoms with Crippen molar-refractivity contribution in [2.45, 2.75) is 33.3 Å². The SMILES string of the molecule is CCOC(=O)c1cncc(NC(=O)OC(C)(C)C)c1. The molecule has 0 bridgehead atoms. The minimum atomic E-state index is -0.602. The van der Waals surface area contributed by atoms with Crippen molar-refractivity contribution in [2.75, 3.05) is 11.9 Å². The highest BCUT2D eigenvalue weighted by atomic mass is 16.6. The van der Waals surface area contributed by atoms with Crippen molar-refractivity contribution in [1.82, 2.24) is 4.98 Å². The van der Waals surface area contributed by atoms with Gasteiger partial charge in [-0.05, 0) is 33.8 Å². The Hall–Kier alpha value is -2.11. The van der Waals surface area contributed by atoms with Gasteiger partial charge in [-0.15, -0.1) is 0 Å². The number of ether oxygens (including phenoxy) is 2. The van der Waals surface area contributed by atoms with Gasteiger partial charge in [-0.25, -0.2) is 9.59 Å². The summed E-state index contributed by atoms with van der Waals surface area (Å²) in [6.07, 6.45) is 2.19. The third-order valence-electron chi connectivity index (χ3n) is 1.89. The largest absolute Gasteiger partial charge is 0.462 e. The normalized spacial score (nSPS) is 10.7. The predicted octanol–water partition coefficient (Wildman–Crippen LogP) is 2.61. The average molecular weight is 266 g/mol. The highest BCUT2D eigenvalue weighted by Gasteiger charge is 2.16. The molecule has 104 valence electrons. The molecule has 6 heteroatoms. The van der Waals surface area contributed by atoms with E-state index in [9.17, 15) is 9.59 Å². The minimum absolute atomic E-state index is 0.274. The molecule has 6 nitrogen and oxygen atoms in total. The van der Waals surface area contributed by atoms with Gasteiger partial charge in [0.2, 0.25) is 0 Å². The Labute approximate surface area is 112 Å². The van der Waals surface area contributed by atoms with Gasteiger partial charge in [-0.3, -0.25) is 10.3 Å². The molecule has 0 aliphatic rings. The molecule has 0 aliphatic heterocycles. The molecule has 1 N–H and O–H groups in total. The fraction of sp³-hybridized carbons (Fsp3) is 0.462. The molecule has 0 unspecified atom stereocenters. The van der Waals surface area contributed by atoms with E-state index < -0.39 is 17.7 Å². The Balaban J connectivity index is 2.72. The van der Waals surface area contributed by atoms with Crippen LogP contribution < -0.4 is 5.32 Å². The average Bonchev–Trinajstić information content (AvgIpc) is 2.27. The molecule has 0 fully saturated rings. The summed E-state index contributed by atoms with van der Waals surface area (Å²) in [6, 6.07) is 1.48. The van der Waals surface area contributed by atoms with Gasteiger partial charge in [0, 0.05) is 6.20 Å². The highest BCUT2D eigenvalue weighted by Crippen LogP contribution is 2.12. The summed E-state index contributed by atoms with van der Waals surface area (Å²) in [5.74, 6) is -0.483. The van der Waals surface area contributed by atoms with Crippen LogP contribution in [0, 0.1) is 0 Å². The number of nitrogens with zero attached hydrogens (tertiary/aromatic N) is 1. The van der Waals surface area contributed by atoms with Crippen LogP contribution in [0.5, 0.6) is 0 Å². The number of carbonyl (C=O) groups excluding carboxylic acids is 2. The van der Waals surface area contributed by atoms with Crippen molar-refractivity contribution in [3.63, 3.8) is 0 Å². The lowest BCUT2D eigenvalue weighted by Crippen LogP contribution is -2.27. The van der Waals surface area contributed by atoms with E-state index in [1.54, 1.807) is 27.7 Å². The molecule has 1 aromatic heterocycles. The topological polar surface area (TPSA) is 77.5 Å². The first-order chi connectivity index (χ1) is 8.81. The zero-order valence-electron chi connectivity index (χ0n) is 11.5. The van der Waals surface area contributed by atoms with E-state index in [1.807, 2.05) is 0 Å². The third-order valence-corrected chi connectivity index (χ3v) is 1.89. The van der Waals surface area contributed by atoms with Gasteiger partial charge in [0.25, 0.3) is 0 Å². The van der Waals surface area contributed by atoms with Gasteiger partial charge in [-0.1, -0.05) is 0 Å². The number of esters is 1. The smallest absolute Gasteiger partial charge is 0.412 e. The molecule has 1 amide bonds. The maximum atomic E-state index is 11.6. The Morgan fingerprint density at radius 3 is 2.58 bits per heavy atom. The van der Waals surface area contributed by atoms with Crippen molar-refractivity contribution in [2.24, 2.45) is 0 Å². The summed E-state index contributed by atoms with van der Waals surface area (Å²) < 4.78 is 9.94. The maximum Gasteiger partial charge on any atom is 0.412 e. The molecule has 0 aliphatic carbocycles. The van der Waals surface area contributed by atoms with Crippen LogP contribution in [0.1, 0.15) is 38.1 Å². The van der Waals surface area contributed by atoms with E-state index in [2.05, 4.69) is 10.3 Å². The molecule has 19 heavy (non-hydrogen) atoms. The number of pyridine rings is 1. The summed E-state index contributed by atoms with van der Waals surface area (Å²) in [5, 5.41) is 2.50. The summed E-state index contributed by atoms with van der Waals surface area (Å²) in [4.78, 5) is 26.9. The molecule has 0 saturated carbocycles. The fourth-order valence-electron chi connectivity index (χ4n) is 1.26. The van der Waals surface area contributed by atoms with Gasteiger partial charge in [-0.2, -0.15) is 0 Å². The van der Waals surface area contributed by atoms with E-state index >= 15 is 0 Å². The minimum Gasteiger partial charge on any atom is -0.462 e. The second-order valence-electron chi connectivity index (χ2n) is 4.81. The zero-order valence-corrected chi connectivity index (χ0v) is 11.5. The third kappa shape index (κ3) is 5.37. The molecular formula is C13H18N2O4. The quantitative estimate of drug-likeness (QED) is 0.851. The molecule has 0 spiro atoms. The maximum absolute atomic E-state index is 11.6.